The summed E-state index contributed by atoms with van der Waals surface area (Å²) in [4.78, 5) is 20.3. The molecule has 0 radical (unpaired) electrons. The van der Waals surface area contributed by atoms with E-state index in [1.165, 1.54) is 4.80 Å². The van der Waals surface area contributed by atoms with Crippen LogP contribution in [0.15, 0.2) is 24.5 Å². The first-order valence-corrected chi connectivity index (χ1v) is 7.17. The second kappa shape index (κ2) is 6.20. The van der Waals surface area contributed by atoms with Gasteiger partial charge in [-0.1, -0.05) is 0 Å². The molecule has 22 heavy (non-hydrogen) atoms. The molecular weight excluding hydrogens is 284 g/mol. The number of rotatable bonds is 3. The van der Waals surface area contributed by atoms with Gasteiger partial charge in [0.25, 0.3) is 5.91 Å². The van der Waals surface area contributed by atoms with Gasteiger partial charge in [0.15, 0.2) is 5.69 Å². The molecule has 0 saturated carbocycles. The van der Waals surface area contributed by atoms with Gasteiger partial charge in [-0.05, 0) is 25.5 Å². The average Bonchev–Trinajstić information content (AvgIpc) is 3.08. The topological polar surface area (TPSA) is 99.2 Å². The minimum Gasteiger partial charge on any atom is -0.357 e. The smallest absolute Gasteiger partial charge is 0.276 e. The number of aromatic nitrogens is 4. The molecule has 1 atom stereocenters. The number of hydrogen-bond acceptors (Lipinski definition) is 6. The maximum atomic E-state index is 12.9. The summed E-state index contributed by atoms with van der Waals surface area (Å²) in [6.07, 6.45) is 3.48. The van der Waals surface area contributed by atoms with Gasteiger partial charge in [-0.2, -0.15) is 10.2 Å². The third kappa shape index (κ3) is 2.70. The quantitative estimate of drug-likeness (QED) is 0.864. The van der Waals surface area contributed by atoms with E-state index in [2.05, 4.69) is 15.2 Å². The number of carbonyl (C=O) groups is 1. The van der Waals surface area contributed by atoms with Crippen LogP contribution in [0.5, 0.6) is 0 Å². The second-order valence-electron chi connectivity index (χ2n) is 5.05. The second-order valence-corrected chi connectivity index (χ2v) is 5.05. The van der Waals surface area contributed by atoms with Crippen LogP contribution in [0.1, 0.15) is 22.6 Å². The fraction of sp³-hybridized carbons (Fsp3) is 0.429. The van der Waals surface area contributed by atoms with Crippen molar-refractivity contribution in [3.8, 4) is 5.69 Å². The Morgan fingerprint density at radius 3 is 2.91 bits per heavy atom. The van der Waals surface area contributed by atoms with Gasteiger partial charge in [0.1, 0.15) is 11.9 Å². The number of nitrogens with zero attached hydrogens (tertiary/aromatic N) is 5. The monoisotopic (exact) mass is 302 g/mol. The lowest BCUT2D eigenvalue weighted by molar-refractivity contribution is -0.0714. The normalized spacial score (nSPS) is 18.5. The number of amides is 1. The van der Waals surface area contributed by atoms with Crippen LogP contribution in [0, 0.1) is 6.92 Å². The summed E-state index contributed by atoms with van der Waals surface area (Å²) in [7, 11) is 0. The van der Waals surface area contributed by atoms with E-state index in [-0.39, 0.29) is 12.5 Å². The van der Waals surface area contributed by atoms with E-state index in [4.69, 9.17) is 10.5 Å². The average molecular weight is 302 g/mol. The molecule has 116 valence electrons. The largest absolute Gasteiger partial charge is 0.357 e. The van der Waals surface area contributed by atoms with Crippen molar-refractivity contribution in [1.29, 1.82) is 0 Å². The Bertz CT molecular complexity index is 657. The van der Waals surface area contributed by atoms with Gasteiger partial charge in [0, 0.05) is 18.8 Å². The molecule has 8 nitrogen and oxygen atoms in total. The summed E-state index contributed by atoms with van der Waals surface area (Å²) in [5.74, 6) is -0.217. The highest BCUT2D eigenvalue weighted by atomic mass is 16.5. The van der Waals surface area contributed by atoms with Gasteiger partial charge in [-0.3, -0.25) is 4.79 Å². The van der Waals surface area contributed by atoms with Crippen LogP contribution in [0.4, 0.5) is 0 Å². The summed E-state index contributed by atoms with van der Waals surface area (Å²) in [5, 5.41) is 8.16. The van der Waals surface area contributed by atoms with Crippen LogP contribution in [0.2, 0.25) is 0 Å². The van der Waals surface area contributed by atoms with Gasteiger partial charge < -0.3 is 15.4 Å². The van der Waals surface area contributed by atoms with Crippen LogP contribution >= 0.6 is 0 Å². The van der Waals surface area contributed by atoms with Crippen LogP contribution in [-0.2, 0) is 4.74 Å². The molecule has 2 N–H and O–H groups in total. The Labute approximate surface area is 127 Å². The van der Waals surface area contributed by atoms with Gasteiger partial charge in [0.2, 0.25) is 0 Å². The van der Waals surface area contributed by atoms with Crippen molar-refractivity contribution in [3.05, 3.63) is 35.9 Å². The van der Waals surface area contributed by atoms with Crippen molar-refractivity contribution < 1.29 is 9.53 Å². The van der Waals surface area contributed by atoms with Gasteiger partial charge in [0.05, 0.1) is 19.0 Å². The van der Waals surface area contributed by atoms with Gasteiger partial charge >= 0.3 is 0 Å². The molecule has 1 aliphatic rings. The molecule has 8 heteroatoms. The first kappa shape index (κ1) is 14.6. The van der Waals surface area contributed by atoms with Crippen molar-refractivity contribution in [1.82, 2.24) is 24.9 Å². The molecule has 1 aliphatic heterocycles. The summed E-state index contributed by atoms with van der Waals surface area (Å²) in [6, 6.07) is 3.61. The van der Waals surface area contributed by atoms with Gasteiger partial charge in [-0.25, -0.2) is 4.98 Å². The number of aryl methyl sites for hydroxylation is 1. The Morgan fingerprint density at radius 1 is 1.41 bits per heavy atom. The highest BCUT2D eigenvalue weighted by Crippen LogP contribution is 2.18. The molecule has 0 spiro atoms. The first-order valence-electron chi connectivity index (χ1n) is 7.17. The molecule has 0 bridgehead atoms. The number of nitrogens with two attached hydrogens (primary N) is 1. The van der Waals surface area contributed by atoms with E-state index in [1.54, 1.807) is 23.4 Å². The van der Waals surface area contributed by atoms with Gasteiger partial charge in [-0.15, -0.1) is 4.80 Å². The molecule has 0 aromatic carbocycles. The van der Waals surface area contributed by atoms with Crippen molar-refractivity contribution >= 4 is 5.91 Å². The standard InChI is InChI=1S/C14H18N6O2/c1-10-3-4-11(20-16-5-6-17-20)13(18-10)14(21)19-7-2-8-22-12(19)9-15/h3-6,12H,2,7-9,15H2,1H3. The van der Waals surface area contributed by atoms with E-state index in [1.807, 2.05) is 13.0 Å². The van der Waals surface area contributed by atoms with Crippen LogP contribution in [0.3, 0.4) is 0 Å². The highest BCUT2D eigenvalue weighted by Gasteiger charge is 2.30. The minimum atomic E-state index is -0.415. The lowest BCUT2D eigenvalue weighted by Crippen LogP contribution is -2.50. The number of pyridine rings is 1. The van der Waals surface area contributed by atoms with E-state index >= 15 is 0 Å². The van der Waals surface area contributed by atoms with Crippen molar-refractivity contribution in [2.24, 2.45) is 5.73 Å². The zero-order valence-corrected chi connectivity index (χ0v) is 12.3. The molecule has 1 fully saturated rings. The fourth-order valence-corrected chi connectivity index (χ4v) is 2.46. The summed E-state index contributed by atoms with van der Waals surface area (Å²) in [5.41, 5.74) is 7.30. The number of carbonyl (C=O) groups excluding carboxylic acids is 1. The molecule has 3 heterocycles. The Kier molecular flexibility index (Phi) is 4.12. The third-order valence-electron chi connectivity index (χ3n) is 3.51. The SMILES string of the molecule is Cc1ccc(-n2nccn2)c(C(=O)N2CCCOC2CN)n1. The maximum absolute atomic E-state index is 12.9. The predicted octanol–water partition coefficient (Wildman–Crippen LogP) is 0.118. The molecule has 0 aliphatic carbocycles. The zero-order chi connectivity index (χ0) is 15.5. The zero-order valence-electron chi connectivity index (χ0n) is 12.3. The number of hydrogen-bond donors (Lipinski definition) is 1. The summed E-state index contributed by atoms with van der Waals surface area (Å²) in [6.45, 7) is 3.31. The number of ether oxygens (including phenoxy) is 1. The fourth-order valence-electron chi connectivity index (χ4n) is 2.46. The van der Waals surface area contributed by atoms with Crippen LogP contribution in [0.25, 0.3) is 5.69 Å². The molecule has 1 unspecified atom stereocenters. The van der Waals surface area contributed by atoms with E-state index in [0.717, 1.165) is 12.1 Å². The molecule has 1 saturated heterocycles. The van der Waals surface area contributed by atoms with Crippen molar-refractivity contribution in [3.63, 3.8) is 0 Å². The Balaban J connectivity index is 1.99. The molecule has 2 aromatic rings. The minimum absolute atomic E-state index is 0.217. The Morgan fingerprint density at radius 2 is 2.18 bits per heavy atom. The lowest BCUT2D eigenvalue weighted by Gasteiger charge is -2.34. The Hall–Kier alpha value is -2.32. The van der Waals surface area contributed by atoms with Crippen molar-refractivity contribution in [2.45, 2.75) is 19.6 Å². The molecule has 3 rings (SSSR count). The molecule has 2 aromatic heterocycles. The molecular formula is C14H18N6O2. The maximum Gasteiger partial charge on any atom is 0.276 e. The predicted molar refractivity (Wildman–Crippen MR) is 78.3 cm³/mol. The molecule has 1 amide bonds. The van der Waals surface area contributed by atoms with E-state index in [9.17, 15) is 4.79 Å². The van der Waals surface area contributed by atoms with Crippen LogP contribution < -0.4 is 5.73 Å². The third-order valence-corrected chi connectivity index (χ3v) is 3.51. The lowest BCUT2D eigenvalue weighted by atomic mass is 10.2. The van der Waals surface area contributed by atoms with E-state index in [0.29, 0.717) is 24.5 Å². The first-order chi connectivity index (χ1) is 10.7. The highest BCUT2D eigenvalue weighted by molar-refractivity contribution is 5.96. The summed E-state index contributed by atoms with van der Waals surface area (Å²) < 4.78 is 5.56. The van der Waals surface area contributed by atoms with Crippen molar-refractivity contribution in [2.75, 3.05) is 19.7 Å². The van der Waals surface area contributed by atoms with E-state index < -0.39 is 6.23 Å². The van der Waals surface area contributed by atoms with Crippen LogP contribution in [-0.4, -0.2) is 56.7 Å². The summed E-state index contributed by atoms with van der Waals surface area (Å²) >= 11 is 0.